The highest BCUT2D eigenvalue weighted by Gasteiger charge is 2.22. The molecule has 0 unspecified atom stereocenters. The van der Waals surface area contributed by atoms with Gasteiger partial charge >= 0.3 is 0 Å². The summed E-state index contributed by atoms with van der Waals surface area (Å²) in [6.45, 7) is 2.61. The van der Waals surface area contributed by atoms with Crippen LogP contribution >= 0.6 is 11.3 Å². The lowest BCUT2D eigenvalue weighted by atomic mass is 9.96. The third-order valence-electron chi connectivity index (χ3n) is 4.88. The van der Waals surface area contributed by atoms with Crippen LogP contribution in [0.3, 0.4) is 0 Å². The summed E-state index contributed by atoms with van der Waals surface area (Å²) in [6.07, 6.45) is 5.33. The van der Waals surface area contributed by atoms with E-state index in [4.69, 9.17) is 5.73 Å². The zero-order valence-electron chi connectivity index (χ0n) is 15.4. The van der Waals surface area contributed by atoms with Crippen LogP contribution in [-0.4, -0.2) is 38.8 Å². The second kappa shape index (κ2) is 8.45. The number of anilines is 2. The topological polar surface area (TPSA) is 97.0 Å². The predicted molar refractivity (Wildman–Crippen MR) is 110 cm³/mol. The number of piperidine rings is 1. The molecule has 0 spiro atoms. The number of carbonyl (C=O) groups excluding carboxylic acids is 1. The Morgan fingerprint density at radius 2 is 2.04 bits per heavy atom. The van der Waals surface area contributed by atoms with Crippen LogP contribution in [0.5, 0.6) is 0 Å². The Labute approximate surface area is 167 Å². The number of likely N-dealkylation sites (tertiary alicyclic amines) is 1. The minimum atomic E-state index is -0.177. The molecule has 3 aromatic heterocycles. The number of nitrogens with two attached hydrogens (primary N) is 1. The van der Waals surface area contributed by atoms with Crippen molar-refractivity contribution in [3.05, 3.63) is 53.7 Å². The number of aromatic nitrogens is 3. The fourth-order valence-electron chi connectivity index (χ4n) is 3.33. The van der Waals surface area contributed by atoms with E-state index in [2.05, 4.69) is 31.2 Å². The first-order valence-corrected chi connectivity index (χ1v) is 10.2. The number of rotatable bonds is 6. The lowest BCUT2D eigenvalue weighted by Gasteiger charge is -2.30. The minimum absolute atomic E-state index is 0.0218. The van der Waals surface area contributed by atoms with E-state index in [-0.39, 0.29) is 11.8 Å². The molecule has 144 valence electrons. The fourth-order valence-corrected chi connectivity index (χ4v) is 3.94. The number of pyridine rings is 2. The zero-order valence-corrected chi connectivity index (χ0v) is 16.2. The number of thiazole rings is 1. The largest absolute Gasteiger partial charge is 0.369 e. The molecule has 3 aromatic rings. The molecule has 0 radical (unpaired) electrons. The lowest BCUT2D eigenvalue weighted by molar-refractivity contribution is -0.123. The van der Waals surface area contributed by atoms with Crippen LogP contribution in [-0.2, 0) is 11.3 Å². The van der Waals surface area contributed by atoms with E-state index in [9.17, 15) is 4.79 Å². The Morgan fingerprint density at radius 3 is 2.71 bits per heavy atom. The first kappa shape index (κ1) is 18.5. The Bertz CT molecular complexity index is 920. The molecule has 3 N–H and O–H groups in total. The van der Waals surface area contributed by atoms with E-state index in [1.54, 1.807) is 17.5 Å². The molecular formula is C20H22N6OS. The van der Waals surface area contributed by atoms with Crippen LogP contribution in [0.2, 0.25) is 0 Å². The Morgan fingerprint density at radius 1 is 1.18 bits per heavy atom. The third-order valence-corrected chi connectivity index (χ3v) is 5.67. The van der Waals surface area contributed by atoms with E-state index in [0.29, 0.717) is 0 Å². The van der Waals surface area contributed by atoms with Gasteiger partial charge in [0.15, 0.2) is 0 Å². The van der Waals surface area contributed by atoms with Crippen molar-refractivity contribution in [3.8, 4) is 10.7 Å². The maximum atomic E-state index is 11.3. The van der Waals surface area contributed by atoms with Gasteiger partial charge in [0.25, 0.3) is 0 Å². The van der Waals surface area contributed by atoms with E-state index in [0.717, 1.165) is 60.4 Å². The van der Waals surface area contributed by atoms with Crippen LogP contribution in [0.4, 0.5) is 11.6 Å². The summed E-state index contributed by atoms with van der Waals surface area (Å²) < 4.78 is 0. The number of carbonyl (C=O) groups is 1. The Balaban J connectivity index is 1.35. The van der Waals surface area contributed by atoms with Crippen LogP contribution < -0.4 is 11.1 Å². The average Bonchev–Trinajstić information content (AvgIpc) is 3.25. The summed E-state index contributed by atoms with van der Waals surface area (Å²) in [6, 6.07) is 9.84. The van der Waals surface area contributed by atoms with Gasteiger partial charge in [-0.1, -0.05) is 12.1 Å². The van der Waals surface area contributed by atoms with Crippen molar-refractivity contribution in [2.45, 2.75) is 19.4 Å². The second-order valence-electron chi connectivity index (χ2n) is 6.87. The molecular weight excluding hydrogens is 372 g/mol. The van der Waals surface area contributed by atoms with Crippen molar-refractivity contribution in [1.82, 2.24) is 19.9 Å². The highest BCUT2D eigenvalue weighted by molar-refractivity contribution is 7.13. The van der Waals surface area contributed by atoms with Gasteiger partial charge in [0.2, 0.25) is 5.91 Å². The molecule has 1 aliphatic heterocycles. The van der Waals surface area contributed by atoms with E-state index in [1.165, 1.54) is 0 Å². The second-order valence-corrected chi connectivity index (χ2v) is 7.77. The molecule has 28 heavy (non-hydrogen) atoms. The van der Waals surface area contributed by atoms with Crippen molar-refractivity contribution in [3.63, 3.8) is 0 Å². The standard InChI is InChI=1S/C20H22N6OS/c21-19(27)15-6-9-26(10-7-15)13-14-4-5-17(23-12-14)25-18-3-1-2-16(24-18)20-22-8-11-28-20/h1-5,8,11-12,15H,6-7,9-10,13H2,(H2,21,27)(H,23,24,25). The first-order valence-electron chi connectivity index (χ1n) is 9.28. The average molecular weight is 395 g/mol. The van der Waals surface area contributed by atoms with Gasteiger partial charge in [-0.15, -0.1) is 11.3 Å². The molecule has 0 saturated carbocycles. The predicted octanol–water partition coefficient (Wildman–Crippen LogP) is 3.04. The van der Waals surface area contributed by atoms with E-state index >= 15 is 0 Å². The van der Waals surface area contributed by atoms with Gasteiger partial charge in [0.1, 0.15) is 22.3 Å². The molecule has 1 aliphatic rings. The molecule has 0 aliphatic carbocycles. The number of nitrogens with one attached hydrogen (secondary N) is 1. The van der Waals surface area contributed by atoms with Gasteiger partial charge in [0, 0.05) is 30.2 Å². The zero-order chi connectivity index (χ0) is 19.3. The lowest BCUT2D eigenvalue weighted by Crippen LogP contribution is -2.38. The molecule has 8 heteroatoms. The summed E-state index contributed by atoms with van der Waals surface area (Å²) in [5.74, 6) is 1.33. The third kappa shape index (κ3) is 4.52. The molecule has 0 atom stereocenters. The summed E-state index contributed by atoms with van der Waals surface area (Å²) in [4.78, 5) is 27.0. The maximum absolute atomic E-state index is 11.3. The SMILES string of the molecule is NC(=O)C1CCN(Cc2ccc(Nc3cccc(-c4nccs4)n3)nc2)CC1. The van der Waals surface area contributed by atoms with Crippen LogP contribution in [0.25, 0.3) is 10.7 Å². The first-order chi connectivity index (χ1) is 13.7. The van der Waals surface area contributed by atoms with Gasteiger partial charge in [-0.2, -0.15) is 0 Å². The van der Waals surface area contributed by atoms with Crippen molar-refractivity contribution in [2.75, 3.05) is 18.4 Å². The van der Waals surface area contributed by atoms with Gasteiger partial charge in [-0.25, -0.2) is 15.0 Å². The molecule has 0 aromatic carbocycles. The van der Waals surface area contributed by atoms with Crippen LogP contribution in [0.1, 0.15) is 18.4 Å². The van der Waals surface area contributed by atoms with Crippen LogP contribution in [0.15, 0.2) is 48.1 Å². The maximum Gasteiger partial charge on any atom is 0.220 e. The Hall–Kier alpha value is -2.84. The molecule has 4 heterocycles. The van der Waals surface area contributed by atoms with Gasteiger partial charge in [-0.05, 0) is 49.7 Å². The smallest absolute Gasteiger partial charge is 0.220 e. The molecule has 7 nitrogen and oxygen atoms in total. The molecule has 4 rings (SSSR count). The van der Waals surface area contributed by atoms with Gasteiger partial charge in [-0.3, -0.25) is 9.69 Å². The highest BCUT2D eigenvalue weighted by Crippen LogP contribution is 2.23. The van der Waals surface area contributed by atoms with E-state index < -0.39 is 0 Å². The van der Waals surface area contributed by atoms with E-state index in [1.807, 2.05) is 35.8 Å². The number of hydrogen-bond acceptors (Lipinski definition) is 7. The summed E-state index contributed by atoms with van der Waals surface area (Å²) >= 11 is 1.56. The van der Waals surface area contributed by atoms with Crippen molar-refractivity contribution in [2.24, 2.45) is 11.7 Å². The van der Waals surface area contributed by atoms with Crippen LogP contribution in [0, 0.1) is 5.92 Å². The molecule has 1 saturated heterocycles. The van der Waals surface area contributed by atoms with Crippen molar-refractivity contribution >= 4 is 28.9 Å². The summed E-state index contributed by atoms with van der Waals surface area (Å²) in [5.41, 5.74) is 7.39. The molecule has 1 amide bonds. The highest BCUT2D eigenvalue weighted by atomic mass is 32.1. The van der Waals surface area contributed by atoms with Gasteiger partial charge < -0.3 is 11.1 Å². The number of primary amides is 1. The van der Waals surface area contributed by atoms with Crippen molar-refractivity contribution < 1.29 is 4.79 Å². The normalized spacial score (nSPS) is 15.4. The quantitative estimate of drug-likeness (QED) is 0.667. The summed E-state index contributed by atoms with van der Waals surface area (Å²) in [5, 5.41) is 6.08. The number of amides is 1. The fraction of sp³-hybridized carbons (Fsp3) is 0.300. The summed E-state index contributed by atoms with van der Waals surface area (Å²) in [7, 11) is 0. The molecule has 0 bridgehead atoms. The molecule has 1 fully saturated rings. The minimum Gasteiger partial charge on any atom is -0.369 e. The van der Waals surface area contributed by atoms with Gasteiger partial charge in [0.05, 0.1) is 0 Å². The van der Waals surface area contributed by atoms with Crippen molar-refractivity contribution in [1.29, 1.82) is 0 Å². The number of nitrogens with zero attached hydrogens (tertiary/aromatic N) is 4. The number of hydrogen-bond donors (Lipinski definition) is 2. The monoisotopic (exact) mass is 394 g/mol. The Kier molecular flexibility index (Phi) is 5.59.